The fourth-order valence-electron chi connectivity index (χ4n) is 3.32. The maximum atomic E-state index is 12.8. The number of benzene rings is 2. The fraction of sp³-hybridized carbons (Fsp3) is 0.368. The molecule has 2 aromatic carbocycles. The Morgan fingerprint density at radius 2 is 1.26 bits per heavy atom. The van der Waals surface area contributed by atoms with Crippen LogP contribution in [-0.4, -0.2) is 51.1 Å². The average molecular weight is 409 g/mol. The van der Waals surface area contributed by atoms with Crippen LogP contribution in [0, 0.1) is 0 Å². The van der Waals surface area contributed by atoms with E-state index in [1.165, 1.54) is 8.61 Å². The van der Waals surface area contributed by atoms with Crippen LogP contribution in [0.3, 0.4) is 0 Å². The van der Waals surface area contributed by atoms with Crippen molar-refractivity contribution in [3.05, 3.63) is 71.8 Å². The maximum Gasteiger partial charge on any atom is 0.218 e. The molecule has 1 saturated heterocycles. The van der Waals surface area contributed by atoms with Crippen LogP contribution in [0.25, 0.3) is 0 Å². The largest absolute Gasteiger partial charge is 0.218 e. The summed E-state index contributed by atoms with van der Waals surface area (Å²) in [6.07, 6.45) is 0. The summed E-state index contributed by atoms with van der Waals surface area (Å²) in [5.41, 5.74) is 1.45. The van der Waals surface area contributed by atoms with E-state index in [2.05, 4.69) is 0 Å². The second kappa shape index (κ2) is 8.10. The smallest absolute Gasteiger partial charge is 0.212 e. The molecular weight excluding hydrogens is 384 g/mol. The number of hydrogen-bond acceptors (Lipinski definition) is 4. The van der Waals surface area contributed by atoms with Crippen molar-refractivity contribution in [2.45, 2.75) is 24.5 Å². The van der Waals surface area contributed by atoms with Crippen LogP contribution in [0.4, 0.5) is 0 Å². The first-order chi connectivity index (χ1) is 12.8. The van der Waals surface area contributed by atoms with Gasteiger partial charge < -0.3 is 0 Å². The molecule has 146 valence electrons. The molecule has 2 aromatic rings. The van der Waals surface area contributed by atoms with Gasteiger partial charge in [-0.3, -0.25) is 0 Å². The van der Waals surface area contributed by atoms with Crippen LogP contribution in [0.5, 0.6) is 0 Å². The normalized spacial score (nSPS) is 19.8. The van der Waals surface area contributed by atoms with E-state index in [4.69, 9.17) is 0 Å². The van der Waals surface area contributed by atoms with Crippen molar-refractivity contribution < 1.29 is 16.8 Å². The predicted molar refractivity (Wildman–Crippen MR) is 106 cm³/mol. The third-order valence-electron chi connectivity index (χ3n) is 4.66. The van der Waals surface area contributed by atoms with Crippen LogP contribution in [0.15, 0.2) is 60.7 Å². The van der Waals surface area contributed by atoms with Gasteiger partial charge in [0, 0.05) is 25.7 Å². The van der Waals surface area contributed by atoms with Crippen LogP contribution in [0.2, 0.25) is 0 Å². The second-order valence-corrected chi connectivity index (χ2v) is 10.7. The van der Waals surface area contributed by atoms with Gasteiger partial charge in [0.2, 0.25) is 20.0 Å². The van der Waals surface area contributed by atoms with Crippen molar-refractivity contribution in [3.8, 4) is 0 Å². The third-order valence-corrected chi connectivity index (χ3v) is 8.44. The molecular formula is C19H24N2O4S2. The highest BCUT2D eigenvalue weighted by atomic mass is 32.2. The average Bonchev–Trinajstić information content (AvgIpc) is 2.62. The van der Waals surface area contributed by atoms with E-state index in [9.17, 15) is 16.8 Å². The van der Waals surface area contributed by atoms with Gasteiger partial charge in [-0.2, -0.15) is 8.61 Å². The van der Waals surface area contributed by atoms with Gasteiger partial charge in [-0.25, -0.2) is 16.8 Å². The first-order valence-electron chi connectivity index (χ1n) is 8.83. The summed E-state index contributed by atoms with van der Waals surface area (Å²) in [6.45, 7) is 2.27. The Labute approximate surface area is 161 Å². The SMILES string of the molecule is CC1CN(S(=O)(=O)Cc2ccccc2)CCN1S(=O)(=O)Cc1ccccc1. The molecule has 1 aliphatic heterocycles. The van der Waals surface area contributed by atoms with Crippen molar-refractivity contribution in [3.63, 3.8) is 0 Å². The van der Waals surface area contributed by atoms with E-state index in [1.807, 2.05) is 36.4 Å². The van der Waals surface area contributed by atoms with Gasteiger partial charge in [0.15, 0.2) is 0 Å². The van der Waals surface area contributed by atoms with Gasteiger partial charge in [-0.1, -0.05) is 60.7 Å². The lowest BCUT2D eigenvalue weighted by molar-refractivity contribution is 0.212. The van der Waals surface area contributed by atoms with E-state index in [1.54, 1.807) is 31.2 Å². The lowest BCUT2D eigenvalue weighted by Crippen LogP contribution is -2.55. The summed E-state index contributed by atoms with van der Waals surface area (Å²) in [5, 5.41) is 0. The monoisotopic (exact) mass is 408 g/mol. The minimum Gasteiger partial charge on any atom is -0.212 e. The molecule has 0 N–H and O–H groups in total. The van der Waals surface area contributed by atoms with Crippen LogP contribution >= 0.6 is 0 Å². The van der Waals surface area contributed by atoms with Crippen molar-refractivity contribution in [2.75, 3.05) is 19.6 Å². The quantitative estimate of drug-likeness (QED) is 0.733. The summed E-state index contributed by atoms with van der Waals surface area (Å²) in [5.74, 6) is -0.147. The molecule has 6 nitrogen and oxygen atoms in total. The standard InChI is InChI=1S/C19H24N2O4S2/c1-17-14-20(26(22,23)15-18-8-4-2-5-9-18)12-13-21(17)27(24,25)16-19-10-6-3-7-11-19/h2-11,17H,12-16H2,1H3. The molecule has 0 spiro atoms. The number of rotatable bonds is 6. The first kappa shape index (κ1) is 20.0. The zero-order valence-corrected chi connectivity index (χ0v) is 16.9. The molecule has 1 aliphatic rings. The zero-order chi connectivity index (χ0) is 19.5. The lowest BCUT2D eigenvalue weighted by Gasteiger charge is -2.38. The number of hydrogen-bond donors (Lipinski definition) is 0. The zero-order valence-electron chi connectivity index (χ0n) is 15.2. The van der Waals surface area contributed by atoms with E-state index in [-0.39, 0.29) is 31.1 Å². The summed E-state index contributed by atoms with van der Waals surface area (Å²) in [6, 6.07) is 17.6. The molecule has 27 heavy (non-hydrogen) atoms. The Hall–Kier alpha value is -1.74. The Kier molecular flexibility index (Phi) is 6.00. The number of nitrogens with zero attached hydrogens (tertiary/aromatic N) is 2. The van der Waals surface area contributed by atoms with Crippen LogP contribution in [-0.2, 0) is 31.6 Å². The molecule has 1 atom stereocenters. The third kappa shape index (κ3) is 4.95. The molecule has 0 aromatic heterocycles. The highest BCUT2D eigenvalue weighted by Crippen LogP contribution is 2.21. The van der Waals surface area contributed by atoms with Gasteiger partial charge in [-0.05, 0) is 18.1 Å². The summed E-state index contributed by atoms with van der Waals surface area (Å²) in [7, 11) is -6.99. The molecule has 0 saturated carbocycles. The van der Waals surface area contributed by atoms with Gasteiger partial charge >= 0.3 is 0 Å². The number of sulfonamides is 2. The minimum atomic E-state index is -3.50. The molecule has 3 rings (SSSR count). The molecule has 0 radical (unpaired) electrons. The molecule has 1 unspecified atom stereocenters. The van der Waals surface area contributed by atoms with Gasteiger partial charge in [0.05, 0.1) is 11.5 Å². The molecule has 0 amide bonds. The van der Waals surface area contributed by atoms with Gasteiger partial charge in [0.1, 0.15) is 0 Å². The van der Waals surface area contributed by atoms with Crippen molar-refractivity contribution in [2.24, 2.45) is 0 Å². The Morgan fingerprint density at radius 1 is 0.778 bits per heavy atom. The van der Waals surface area contributed by atoms with Crippen molar-refractivity contribution >= 4 is 20.0 Å². The second-order valence-electron chi connectivity index (χ2n) is 6.80. The molecule has 0 aliphatic carbocycles. The van der Waals surface area contributed by atoms with Crippen molar-refractivity contribution in [1.82, 2.24) is 8.61 Å². The summed E-state index contributed by atoms with van der Waals surface area (Å²) >= 11 is 0. The van der Waals surface area contributed by atoms with E-state index in [0.29, 0.717) is 0 Å². The Balaban J connectivity index is 1.68. The van der Waals surface area contributed by atoms with E-state index < -0.39 is 26.1 Å². The topological polar surface area (TPSA) is 74.8 Å². The maximum absolute atomic E-state index is 12.8. The lowest BCUT2D eigenvalue weighted by atomic mass is 10.2. The highest BCUT2D eigenvalue weighted by Gasteiger charge is 2.36. The van der Waals surface area contributed by atoms with E-state index in [0.717, 1.165) is 11.1 Å². The Bertz CT molecular complexity index is 961. The summed E-state index contributed by atoms with van der Waals surface area (Å²) < 4.78 is 53.8. The molecule has 8 heteroatoms. The predicted octanol–water partition coefficient (Wildman–Crippen LogP) is 2.05. The number of piperazine rings is 1. The summed E-state index contributed by atoms with van der Waals surface area (Å²) in [4.78, 5) is 0. The van der Waals surface area contributed by atoms with Crippen LogP contribution in [0.1, 0.15) is 18.1 Å². The minimum absolute atomic E-state index is 0.0721. The molecule has 0 bridgehead atoms. The van der Waals surface area contributed by atoms with Gasteiger partial charge in [0.25, 0.3) is 0 Å². The Morgan fingerprint density at radius 3 is 1.74 bits per heavy atom. The fourth-order valence-corrected chi connectivity index (χ4v) is 6.67. The van der Waals surface area contributed by atoms with E-state index >= 15 is 0 Å². The van der Waals surface area contributed by atoms with Crippen molar-refractivity contribution in [1.29, 1.82) is 0 Å². The van der Waals surface area contributed by atoms with Crippen LogP contribution < -0.4 is 0 Å². The molecule has 1 heterocycles. The molecule has 1 fully saturated rings. The first-order valence-corrected chi connectivity index (χ1v) is 12.0. The van der Waals surface area contributed by atoms with Gasteiger partial charge in [-0.15, -0.1) is 0 Å². The highest BCUT2D eigenvalue weighted by molar-refractivity contribution is 7.88.